The third-order valence-corrected chi connectivity index (χ3v) is 13.3. The van der Waals surface area contributed by atoms with E-state index in [0.29, 0.717) is 52.3 Å². The molecule has 0 radical (unpaired) electrons. The van der Waals surface area contributed by atoms with Gasteiger partial charge in [0.05, 0.1) is 22.6 Å². The Morgan fingerprint density at radius 3 is 2.46 bits per heavy atom. The highest BCUT2D eigenvalue weighted by Crippen LogP contribution is 2.34. The van der Waals surface area contributed by atoms with Crippen molar-refractivity contribution in [2.75, 3.05) is 64.8 Å². The molecular weight excluding hydrogens is 796 g/mol. The number of halogens is 1. The number of hydrogen-bond acceptors (Lipinski definition) is 12. The van der Waals surface area contributed by atoms with E-state index in [1.165, 1.54) is 7.05 Å². The van der Waals surface area contributed by atoms with Gasteiger partial charge in [0, 0.05) is 101 Å². The average Bonchev–Trinajstić information content (AvgIpc) is 3.39. The predicted molar refractivity (Wildman–Crippen MR) is 231 cm³/mol. The molecule has 322 valence electrons. The van der Waals surface area contributed by atoms with Gasteiger partial charge in [0.15, 0.2) is 6.29 Å². The third kappa shape index (κ3) is 10.1. The number of carbonyl (C=O) groups is 5. The molecule has 3 amide bonds. The van der Waals surface area contributed by atoms with E-state index in [2.05, 4.69) is 44.1 Å². The van der Waals surface area contributed by atoms with Gasteiger partial charge in [-0.2, -0.15) is 5.26 Å². The van der Waals surface area contributed by atoms with Crippen LogP contribution in [-0.4, -0.2) is 133 Å². The number of fused-ring (bicyclic) bond motifs is 1. The number of nitrogens with one attached hydrogen (secondary N) is 1. The highest BCUT2D eigenvalue weighted by atomic mass is 35.5. The second-order valence-corrected chi connectivity index (χ2v) is 17.1. The number of aromatic nitrogens is 1. The lowest BCUT2D eigenvalue weighted by atomic mass is 9.91. The second-order valence-electron chi connectivity index (χ2n) is 16.7. The summed E-state index contributed by atoms with van der Waals surface area (Å²) < 4.78 is 6.21. The molecule has 1 saturated carbocycles. The first-order valence-electron chi connectivity index (χ1n) is 21.5. The Bertz CT molecular complexity index is 2110. The topological polar surface area (TPSA) is 159 Å². The van der Waals surface area contributed by atoms with Crippen molar-refractivity contribution < 1.29 is 28.7 Å². The van der Waals surface area contributed by atoms with E-state index in [1.807, 2.05) is 12.2 Å². The van der Waals surface area contributed by atoms with Crippen LogP contribution in [0.25, 0.3) is 0 Å². The molecular formula is C46H55ClN8O6. The summed E-state index contributed by atoms with van der Waals surface area (Å²) in [6.45, 7) is 6.98. The van der Waals surface area contributed by atoms with E-state index in [4.69, 9.17) is 26.6 Å². The molecule has 0 bridgehead atoms. The van der Waals surface area contributed by atoms with Crippen molar-refractivity contribution in [1.82, 2.24) is 29.9 Å². The van der Waals surface area contributed by atoms with Crippen LogP contribution in [0.15, 0.2) is 66.0 Å². The molecule has 2 aliphatic carbocycles. The molecule has 3 saturated heterocycles. The molecule has 3 aliphatic heterocycles. The van der Waals surface area contributed by atoms with Crippen molar-refractivity contribution in [3.63, 3.8) is 0 Å². The minimum atomic E-state index is -1.02. The summed E-state index contributed by atoms with van der Waals surface area (Å²) in [6.07, 6.45) is 16.7. The van der Waals surface area contributed by atoms with Gasteiger partial charge in [-0.25, -0.2) is 4.98 Å². The highest BCUT2D eigenvalue weighted by molar-refractivity contribution is 6.31. The zero-order valence-corrected chi connectivity index (χ0v) is 35.8. The standard InChI is InChI=1S/C46H55ClN8O6/c1-49-44(58)42(4-3-23-56)55-45(59)39-13-8-36(9-14-40(39)46(55)60)53-21-19-52(20-22-53)28-31-15-17-54(18-16-31)43-24-33(34(30-57)27-50-43)29-51(2)35-6-11-37(12-7-35)61-38-10-5-32(26-48)41(47)25-38/h5,8-10,13-14,23-25,27,30-31,35,37,39,42H,3-4,6-7,11-12,15-22,28-29H2,1-2H3,(H,49,58). The van der Waals surface area contributed by atoms with Gasteiger partial charge in [0.25, 0.3) is 5.91 Å². The van der Waals surface area contributed by atoms with Crippen molar-refractivity contribution in [3.05, 3.63) is 87.7 Å². The van der Waals surface area contributed by atoms with Gasteiger partial charge in [-0.3, -0.25) is 33.9 Å². The predicted octanol–water partition coefficient (Wildman–Crippen LogP) is 4.53. The van der Waals surface area contributed by atoms with Crippen LogP contribution in [0.1, 0.15) is 72.9 Å². The van der Waals surface area contributed by atoms with Gasteiger partial charge < -0.3 is 24.6 Å². The first-order valence-corrected chi connectivity index (χ1v) is 21.8. The number of likely N-dealkylation sites (tertiary alicyclic amines) is 1. The average molecular weight is 851 g/mol. The molecule has 1 aromatic carbocycles. The Labute approximate surface area is 362 Å². The molecule has 2 unspecified atom stereocenters. The summed E-state index contributed by atoms with van der Waals surface area (Å²) in [5, 5.41) is 12.1. The van der Waals surface area contributed by atoms with Crippen LogP contribution < -0.4 is 15.0 Å². The Kier molecular flexibility index (Phi) is 14.3. The van der Waals surface area contributed by atoms with Crippen molar-refractivity contribution in [3.8, 4) is 11.8 Å². The number of pyridine rings is 1. The number of allylic oxidation sites excluding steroid dienone is 3. The van der Waals surface area contributed by atoms with Crippen molar-refractivity contribution in [2.24, 2.45) is 11.8 Å². The van der Waals surface area contributed by atoms with Gasteiger partial charge >= 0.3 is 0 Å². The molecule has 1 N–H and O–H groups in total. The van der Waals surface area contributed by atoms with Crippen LogP contribution in [0, 0.1) is 23.2 Å². The number of rotatable bonds is 15. The van der Waals surface area contributed by atoms with Gasteiger partial charge in [0.1, 0.15) is 30.0 Å². The van der Waals surface area contributed by atoms with Crippen molar-refractivity contribution >= 4 is 47.7 Å². The number of hydrogen-bond donors (Lipinski definition) is 1. The third-order valence-electron chi connectivity index (χ3n) is 13.0. The zero-order chi connectivity index (χ0) is 43.0. The molecule has 5 aliphatic rings. The summed E-state index contributed by atoms with van der Waals surface area (Å²) >= 11 is 6.21. The van der Waals surface area contributed by atoms with Crippen LogP contribution in [0.5, 0.6) is 5.75 Å². The summed E-state index contributed by atoms with van der Waals surface area (Å²) in [5.41, 5.74) is 3.35. The molecule has 4 fully saturated rings. The minimum absolute atomic E-state index is 0.0699. The maximum Gasteiger partial charge on any atom is 0.258 e. The fourth-order valence-electron chi connectivity index (χ4n) is 9.38. The number of amides is 3. The Balaban J connectivity index is 0.863. The number of carbonyl (C=O) groups excluding carboxylic acids is 5. The summed E-state index contributed by atoms with van der Waals surface area (Å²) in [6, 6.07) is 8.74. The van der Waals surface area contributed by atoms with E-state index < -0.39 is 29.7 Å². The summed E-state index contributed by atoms with van der Waals surface area (Å²) in [4.78, 5) is 77.7. The number of ether oxygens (including phenoxy) is 1. The molecule has 14 nitrogen and oxygen atoms in total. The van der Waals surface area contributed by atoms with Crippen LogP contribution in [0.2, 0.25) is 5.02 Å². The van der Waals surface area contributed by atoms with Crippen molar-refractivity contribution in [1.29, 1.82) is 5.26 Å². The van der Waals surface area contributed by atoms with Gasteiger partial charge in [0.2, 0.25) is 11.8 Å². The monoisotopic (exact) mass is 850 g/mol. The molecule has 2 aromatic rings. The molecule has 0 spiro atoms. The van der Waals surface area contributed by atoms with E-state index in [1.54, 1.807) is 36.5 Å². The number of benzene rings is 1. The van der Waals surface area contributed by atoms with Crippen LogP contribution in [0.3, 0.4) is 0 Å². The molecule has 61 heavy (non-hydrogen) atoms. The van der Waals surface area contributed by atoms with Crippen LogP contribution in [-0.2, 0) is 25.7 Å². The lowest BCUT2D eigenvalue weighted by Crippen LogP contribution is -2.49. The normalized spacial score (nSPS) is 22.9. The van der Waals surface area contributed by atoms with Crippen molar-refractivity contribution in [2.45, 2.75) is 76.1 Å². The first kappa shape index (κ1) is 43.7. The molecule has 15 heteroatoms. The van der Waals surface area contributed by atoms with Crippen LogP contribution >= 0.6 is 11.6 Å². The van der Waals surface area contributed by atoms with Crippen LogP contribution in [0.4, 0.5) is 5.82 Å². The molecule has 4 heterocycles. The number of piperidine rings is 1. The smallest absolute Gasteiger partial charge is 0.258 e. The number of nitrogens with zero attached hydrogens (tertiary/aromatic N) is 7. The minimum Gasteiger partial charge on any atom is -0.490 e. The SMILES string of the molecule is CNC(=O)C(CCC=O)N1C(=O)C2=CC=C(N3CCN(CC4CCN(c5cc(CN(C)C6CCC(Oc7ccc(C#N)c(Cl)c7)CC6)c(C=O)cn5)CC4)CC3)C=CC2C1=O. The quantitative estimate of drug-likeness (QED) is 0.198. The summed E-state index contributed by atoms with van der Waals surface area (Å²) in [5.74, 6) is 0.0247. The van der Waals surface area contributed by atoms with E-state index in [0.717, 1.165) is 113 Å². The largest absolute Gasteiger partial charge is 0.490 e. The van der Waals surface area contributed by atoms with Gasteiger partial charge in [-0.15, -0.1) is 0 Å². The lowest BCUT2D eigenvalue weighted by molar-refractivity contribution is -0.147. The molecule has 1 aromatic heterocycles. The number of piperazine rings is 1. The van der Waals surface area contributed by atoms with E-state index in [-0.39, 0.29) is 18.9 Å². The summed E-state index contributed by atoms with van der Waals surface area (Å²) in [7, 11) is 3.58. The fourth-order valence-corrected chi connectivity index (χ4v) is 9.59. The fraction of sp³-hybridized carbons (Fsp3) is 0.500. The molecule has 7 rings (SSSR count). The highest BCUT2D eigenvalue weighted by Gasteiger charge is 2.47. The molecule has 2 atom stereocenters. The zero-order valence-electron chi connectivity index (χ0n) is 35.0. The lowest BCUT2D eigenvalue weighted by Gasteiger charge is -2.40. The number of likely N-dealkylation sites (N-methyl/N-ethyl adjacent to an activating group) is 1. The second kappa shape index (κ2) is 20.0. The van der Waals surface area contributed by atoms with Gasteiger partial charge in [-0.1, -0.05) is 23.8 Å². The maximum atomic E-state index is 13.4. The Morgan fingerprint density at radius 2 is 1.79 bits per heavy atom. The number of imide groups is 1. The Hall–Kier alpha value is -5.36. The van der Waals surface area contributed by atoms with E-state index >= 15 is 0 Å². The van der Waals surface area contributed by atoms with E-state index in [9.17, 15) is 24.0 Å². The number of aldehydes is 2. The number of nitriles is 1. The number of anilines is 1. The van der Waals surface area contributed by atoms with Gasteiger partial charge in [-0.05, 0) is 93.8 Å². The maximum absolute atomic E-state index is 13.4. The Morgan fingerprint density at radius 1 is 1.03 bits per heavy atom. The first-order chi connectivity index (χ1) is 29.6.